The Morgan fingerprint density at radius 1 is 0.857 bits per heavy atom. The van der Waals surface area contributed by atoms with Gasteiger partial charge < -0.3 is 0 Å². The molecule has 0 fully saturated rings. The summed E-state index contributed by atoms with van der Waals surface area (Å²) in [4.78, 5) is 11.8. The summed E-state index contributed by atoms with van der Waals surface area (Å²) >= 11 is 0. The van der Waals surface area contributed by atoms with E-state index in [1.807, 2.05) is 60.7 Å². The lowest BCUT2D eigenvalue weighted by Gasteiger charge is -1.99. The number of carbonyl (C=O) groups excluding carboxylic acids is 1. The maximum atomic E-state index is 11.8. The molecule has 0 heterocycles. The predicted molar refractivity (Wildman–Crippen MR) is 87.6 cm³/mol. The van der Waals surface area contributed by atoms with Gasteiger partial charge in [0.25, 0.3) is 0 Å². The fourth-order valence-corrected chi connectivity index (χ4v) is 1.35. The average Bonchev–Trinajstić information content (AvgIpc) is 2.57. The van der Waals surface area contributed by atoms with E-state index < -0.39 is 0 Å². The van der Waals surface area contributed by atoms with Crippen LogP contribution in [0.4, 0.5) is 0 Å². The van der Waals surface area contributed by atoms with E-state index in [1.54, 1.807) is 0 Å². The van der Waals surface area contributed by atoms with Crippen molar-refractivity contribution in [1.29, 1.82) is 0 Å². The molecule has 2 nitrogen and oxygen atoms in total. The lowest BCUT2D eigenvalue weighted by Crippen LogP contribution is -1.99. The zero-order valence-corrected chi connectivity index (χ0v) is 12.1. The maximum absolute atomic E-state index is 11.8. The third-order valence-electron chi connectivity index (χ3n) is 2.19. The van der Waals surface area contributed by atoms with Crippen molar-refractivity contribution in [2.75, 3.05) is 6.61 Å². The quantitative estimate of drug-likeness (QED) is 0.601. The van der Waals surface area contributed by atoms with Crippen molar-refractivity contribution in [2.45, 2.75) is 0 Å². The van der Waals surface area contributed by atoms with Gasteiger partial charge in [-0.25, -0.2) is 5.11 Å². The summed E-state index contributed by atoms with van der Waals surface area (Å²) in [6, 6.07) is 18.6. The first-order valence-electron chi connectivity index (χ1n) is 6.45. The highest BCUT2D eigenvalue weighted by molar-refractivity contribution is 6.08. The van der Waals surface area contributed by atoms with Gasteiger partial charge in [0.05, 0.1) is 0 Å². The van der Waals surface area contributed by atoms with Gasteiger partial charge in [-0.05, 0) is 6.92 Å². The van der Waals surface area contributed by atoms with Crippen LogP contribution < -0.4 is 0 Å². The number of hydrogen-bond donors (Lipinski definition) is 0. The molecule has 0 aromatic heterocycles. The molecular formula is C19H20O2. The zero-order chi connectivity index (χ0) is 15.9. The number of allylic oxidation sites excluding steroid dienone is 1. The van der Waals surface area contributed by atoms with E-state index in [-0.39, 0.29) is 12.4 Å². The lowest BCUT2D eigenvalue weighted by atomic mass is 10.0. The van der Waals surface area contributed by atoms with Crippen molar-refractivity contribution in [2.24, 2.45) is 0 Å². The lowest BCUT2D eigenvalue weighted by molar-refractivity contribution is 0.103. The summed E-state index contributed by atoms with van der Waals surface area (Å²) < 4.78 is 0. The van der Waals surface area contributed by atoms with Gasteiger partial charge in [0.2, 0.25) is 0 Å². The second-order valence-corrected chi connectivity index (χ2v) is 3.81. The molecule has 0 aliphatic heterocycles. The molecule has 0 unspecified atom stereocenters. The highest BCUT2D eigenvalue weighted by Crippen LogP contribution is 2.08. The molecule has 0 amide bonds. The van der Waals surface area contributed by atoms with Crippen molar-refractivity contribution >= 4 is 5.78 Å². The number of hydrogen-bond acceptors (Lipinski definition) is 1. The average molecular weight is 280 g/mol. The molecule has 2 rings (SSSR count). The SMILES string of the molecule is C=CC[O].O=C(c1ccccc1)c1ccccc1.[CH2]C=C. The summed E-state index contributed by atoms with van der Waals surface area (Å²) in [6.45, 7) is 9.50. The smallest absolute Gasteiger partial charge is 0.193 e. The highest BCUT2D eigenvalue weighted by atomic mass is 16.2. The second-order valence-electron chi connectivity index (χ2n) is 3.81. The van der Waals surface area contributed by atoms with Crippen LogP contribution >= 0.6 is 0 Å². The fraction of sp³-hybridized carbons (Fsp3) is 0.0526. The first-order valence-corrected chi connectivity index (χ1v) is 6.45. The first-order chi connectivity index (χ1) is 10.2. The number of carbonyl (C=O) groups is 1. The Morgan fingerprint density at radius 3 is 1.38 bits per heavy atom. The van der Waals surface area contributed by atoms with Crippen LogP contribution in [0.2, 0.25) is 0 Å². The summed E-state index contributed by atoms with van der Waals surface area (Å²) in [5.74, 6) is 0.0752. The van der Waals surface area contributed by atoms with Gasteiger partial charge in [0.1, 0.15) is 6.61 Å². The fourth-order valence-electron chi connectivity index (χ4n) is 1.35. The molecular weight excluding hydrogens is 260 g/mol. The molecule has 21 heavy (non-hydrogen) atoms. The number of rotatable bonds is 3. The standard InChI is InChI=1S/C13H10O.C3H5O.C3H5/c14-13(11-7-3-1-4-8-11)12-9-5-2-6-10-12;1-2-3-4;1-3-2/h1-10H;2H,1,3H2;3H,1-2H2. The van der Waals surface area contributed by atoms with E-state index >= 15 is 0 Å². The normalized spacial score (nSPS) is 8.29. The van der Waals surface area contributed by atoms with Gasteiger partial charge in [-0.15, -0.1) is 13.2 Å². The Morgan fingerprint density at radius 2 is 1.14 bits per heavy atom. The van der Waals surface area contributed by atoms with Gasteiger partial charge in [-0.2, -0.15) is 0 Å². The molecule has 2 aromatic carbocycles. The number of benzene rings is 2. The summed E-state index contributed by atoms with van der Waals surface area (Å²) in [5, 5.41) is 9.18. The molecule has 0 aliphatic carbocycles. The molecule has 2 heteroatoms. The Bertz CT molecular complexity index is 474. The maximum Gasteiger partial charge on any atom is 0.193 e. The van der Waals surface area contributed by atoms with Gasteiger partial charge in [0, 0.05) is 11.1 Å². The second kappa shape index (κ2) is 12.6. The minimum Gasteiger partial charge on any atom is -0.289 e. The van der Waals surface area contributed by atoms with E-state index in [0.29, 0.717) is 0 Å². The molecule has 0 saturated carbocycles. The molecule has 0 bridgehead atoms. The van der Waals surface area contributed by atoms with Crippen LogP contribution in [0.5, 0.6) is 0 Å². The zero-order valence-electron chi connectivity index (χ0n) is 12.1. The van der Waals surface area contributed by atoms with E-state index in [0.717, 1.165) is 11.1 Å². The Labute approximate surface area is 127 Å². The van der Waals surface area contributed by atoms with Crippen LogP contribution in [0.15, 0.2) is 86.0 Å². The van der Waals surface area contributed by atoms with Crippen LogP contribution in [0.1, 0.15) is 15.9 Å². The van der Waals surface area contributed by atoms with Crippen molar-refractivity contribution in [3.8, 4) is 0 Å². The molecule has 108 valence electrons. The molecule has 0 spiro atoms. The van der Waals surface area contributed by atoms with E-state index in [4.69, 9.17) is 0 Å². The van der Waals surface area contributed by atoms with Crippen LogP contribution in [-0.2, 0) is 5.11 Å². The molecule has 0 saturated heterocycles. The Hall–Kier alpha value is -2.45. The largest absolute Gasteiger partial charge is 0.289 e. The van der Waals surface area contributed by atoms with E-state index in [9.17, 15) is 9.90 Å². The van der Waals surface area contributed by atoms with Gasteiger partial charge >= 0.3 is 0 Å². The van der Waals surface area contributed by atoms with E-state index in [1.165, 1.54) is 12.2 Å². The van der Waals surface area contributed by atoms with Gasteiger partial charge in [0.15, 0.2) is 5.78 Å². The first kappa shape index (κ1) is 18.6. The summed E-state index contributed by atoms with van der Waals surface area (Å²) in [7, 11) is 0. The molecule has 0 atom stereocenters. The van der Waals surface area contributed by atoms with Crippen molar-refractivity contribution in [3.63, 3.8) is 0 Å². The van der Waals surface area contributed by atoms with E-state index in [2.05, 4.69) is 20.1 Å². The van der Waals surface area contributed by atoms with Crippen LogP contribution in [0.3, 0.4) is 0 Å². The molecule has 0 N–H and O–H groups in total. The minimum atomic E-state index is -0.167. The third-order valence-corrected chi connectivity index (χ3v) is 2.19. The van der Waals surface area contributed by atoms with Gasteiger partial charge in [-0.1, -0.05) is 72.8 Å². The molecule has 2 aromatic rings. The summed E-state index contributed by atoms with van der Waals surface area (Å²) in [6.07, 6.45) is 2.82. The topological polar surface area (TPSA) is 37.0 Å². The van der Waals surface area contributed by atoms with Gasteiger partial charge in [-0.3, -0.25) is 4.79 Å². The molecule has 2 radical (unpaired) electrons. The van der Waals surface area contributed by atoms with Crippen LogP contribution in [-0.4, -0.2) is 12.4 Å². The van der Waals surface area contributed by atoms with Crippen LogP contribution in [0, 0.1) is 6.92 Å². The van der Waals surface area contributed by atoms with Crippen molar-refractivity contribution < 1.29 is 9.90 Å². The third kappa shape index (κ3) is 8.35. The van der Waals surface area contributed by atoms with Crippen molar-refractivity contribution in [3.05, 3.63) is 104 Å². The number of ketones is 1. The van der Waals surface area contributed by atoms with Crippen LogP contribution in [0.25, 0.3) is 0 Å². The predicted octanol–water partition coefficient (Wildman–Crippen LogP) is 4.53. The highest BCUT2D eigenvalue weighted by Gasteiger charge is 2.06. The molecule has 0 aliphatic rings. The summed E-state index contributed by atoms with van der Waals surface area (Å²) in [5.41, 5.74) is 1.47. The Balaban J connectivity index is 0.000000486. The monoisotopic (exact) mass is 280 g/mol. The van der Waals surface area contributed by atoms with Crippen molar-refractivity contribution in [1.82, 2.24) is 0 Å². The minimum absolute atomic E-state index is 0.0752. The Kier molecular flexibility index (Phi) is 11.1.